The molecule has 0 radical (unpaired) electrons. The highest BCUT2D eigenvalue weighted by atomic mass is 79.9. The van der Waals surface area contributed by atoms with Crippen molar-refractivity contribution in [3.05, 3.63) is 68.4 Å². The molecule has 0 aliphatic heterocycles. The molecule has 0 amide bonds. The average Bonchev–Trinajstić information content (AvgIpc) is 2.54. The molecule has 0 aromatic heterocycles. The maximum Gasteiger partial charge on any atom is 0.285 e. The Morgan fingerprint density at radius 3 is 2.80 bits per heavy atom. The normalized spacial score (nSPS) is 12.4. The van der Waals surface area contributed by atoms with Crippen LogP contribution in [0.5, 0.6) is 0 Å². The highest BCUT2D eigenvalue weighted by Gasteiger charge is 2.16. The second-order valence-corrected chi connectivity index (χ2v) is 6.73. The number of nitro groups is 1. The molecule has 1 atom stereocenters. The number of nitrogens with zero attached hydrogens (tertiary/aromatic N) is 2. The topological polar surface area (TPSA) is 90.9 Å². The summed E-state index contributed by atoms with van der Waals surface area (Å²) in [7, 11) is 1.58. The van der Waals surface area contributed by atoms with Gasteiger partial charge in [-0.05, 0) is 29.8 Å². The lowest BCUT2D eigenvalue weighted by Crippen LogP contribution is -2.29. The van der Waals surface area contributed by atoms with Gasteiger partial charge in [0.15, 0.2) is 0 Å². The maximum absolute atomic E-state index is 13.4. The lowest BCUT2D eigenvalue weighted by atomic mass is 10.1. The summed E-state index contributed by atoms with van der Waals surface area (Å²) in [5, 5.41) is 12.2. The molecule has 0 heterocycles. The standard InChI is InChI=1S/C15H15BrFN3O4S/c1-19(9-13(18)10-6-11(16)8-12(17)7-10)23-24-25-15-5-3-2-4-14(15)20(21)22/h2-8,13H,9,18H2,1H3/t13-/m1/s1. The second-order valence-electron chi connectivity index (χ2n) is 5.07. The average molecular weight is 432 g/mol. The van der Waals surface area contributed by atoms with E-state index in [0.29, 0.717) is 14.9 Å². The number of hydrogen-bond donors (Lipinski definition) is 1. The van der Waals surface area contributed by atoms with Crippen molar-refractivity contribution in [1.82, 2.24) is 5.06 Å². The lowest BCUT2D eigenvalue weighted by molar-refractivity contribution is -0.388. The van der Waals surface area contributed by atoms with Crippen molar-refractivity contribution >= 4 is 33.7 Å². The van der Waals surface area contributed by atoms with Crippen molar-refractivity contribution in [2.75, 3.05) is 13.6 Å². The van der Waals surface area contributed by atoms with E-state index in [-0.39, 0.29) is 12.2 Å². The van der Waals surface area contributed by atoms with Crippen LogP contribution in [-0.4, -0.2) is 23.6 Å². The van der Waals surface area contributed by atoms with E-state index in [0.717, 1.165) is 12.0 Å². The van der Waals surface area contributed by atoms with Crippen LogP contribution in [-0.2, 0) is 9.32 Å². The van der Waals surface area contributed by atoms with E-state index in [1.54, 1.807) is 31.3 Å². The molecule has 0 unspecified atom stereocenters. The smallest absolute Gasteiger partial charge is 0.285 e. The van der Waals surface area contributed by atoms with E-state index in [1.807, 2.05) is 0 Å². The summed E-state index contributed by atoms with van der Waals surface area (Å²) in [4.78, 5) is 15.7. The first-order valence-electron chi connectivity index (χ1n) is 7.04. The largest absolute Gasteiger partial charge is 0.323 e. The molecule has 10 heteroatoms. The Bertz CT molecular complexity index is 732. The zero-order chi connectivity index (χ0) is 18.4. The summed E-state index contributed by atoms with van der Waals surface area (Å²) >= 11 is 3.93. The molecule has 2 aromatic rings. The molecule has 0 aliphatic carbocycles. The zero-order valence-corrected chi connectivity index (χ0v) is 15.5. The van der Waals surface area contributed by atoms with Gasteiger partial charge < -0.3 is 5.73 Å². The molecule has 2 aromatic carbocycles. The molecule has 2 N–H and O–H groups in total. The number of para-hydroxylation sites is 1. The van der Waals surface area contributed by atoms with Crippen molar-refractivity contribution in [2.24, 2.45) is 5.73 Å². The van der Waals surface area contributed by atoms with Gasteiger partial charge in [0, 0.05) is 30.2 Å². The van der Waals surface area contributed by atoms with Crippen molar-refractivity contribution < 1.29 is 18.6 Å². The van der Waals surface area contributed by atoms with Gasteiger partial charge in [-0.15, -0.1) is 9.32 Å². The molecule has 0 bridgehead atoms. The minimum Gasteiger partial charge on any atom is -0.323 e. The van der Waals surface area contributed by atoms with E-state index in [2.05, 4.69) is 15.9 Å². The molecule has 0 saturated carbocycles. The first-order chi connectivity index (χ1) is 11.9. The highest BCUT2D eigenvalue weighted by Crippen LogP contribution is 2.29. The maximum atomic E-state index is 13.4. The van der Waals surface area contributed by atoms with E-state index >= 15 is 0 Å². The fourth-order valence-corrected chi connectivity index (χ4v) is 3.04. The van der Waals surface area contributed by atoms with Gasteiger partial charge in [-0.1, -0.05) is 28.1 Å². The minimum atomic E-state index is -0.517. The fourth-order valence-electron chi connectivity index (χ4n) is 1.98. The van der Waals surface area contributed by atoms with Crippen LogP contribution in [0.25, 0.3) is 0 Å². The Morgan fingerprint density at radius 1 is 1.40 bits per heavy atom. The fraction of sp³-hybridized carbons (Fsp3) is 0.200. The zero-order valence-electron chi connectivity index (χ0n) is 13.1. The summed E-state index contributed by atoms with van der Waals surface area (Å²) in [5.74, 6) is -0.397. The van der Waals surface area contributed by atoms with Gasteiger partial charge in [0.25, 0.3) is 5.69 Å². The van der Waals surface area contributed by atoms with Gasteiger partial charge in [-0.2, -0.15) is 5.06 Å². The van der Waals surface area contributed by atoms with Crippen LogP contribution in [0.15, 0.2) is 51.8 Å². The van der Waals surface area contributed by atoms with Gasteiger partial charge in [-0.25, -0.2) is 4.39 Å². The first kappa shape index (κ1) is 19.8. The van der Waals surface area contributed by atoms with E-state index < -0.39 is 16.8 Å². The molecule has 7 nitrogen and oxygen atoms in total. The number of rotatable bonds is 8. The van der Waals surface area contributed by atoms with Crippen molar-refractivity contribution in [1.29, 1.82) is 0 Å². The Kier molecular flexibility index (Phi) is 7.29. The predicted octanol–water partition coefficient (Wildman–Crippen LogP) is 4.00. The molecule has 2 rings (SSSR count). The molecule has 134 valence electrons. The molecule has 0 spiro atoms. The Balaban J connectivity index is 1.86. The molecular weight excluding hydrogens is 417 g/mol. The molecule has 0 saturated heterocycles. The third kappa shape index (κ3) is 6.03. The number of hydrogen-bond acceptors (Lipinski definition) is 7. The summed E-state index contributed by atoms with van der Waals surface area (Å²) in [6.45, 7) is 0.216. The van der Waals surface area contributed by atoms with E-state index in [9.17, 15) is 14.5 Å². The van der Waals surface area contributed by atoms with Crippen LogP contribution in [0.1, 0.15) is 11.6 Å². The van der Waals surface area contributed by atoms with Crippen molar-refractivity contribution in [3.63, 3.8) is 0 Å². The van der Waals surface area contributed by atoms with Gasteiger partial charge in [0.05, 0.1) is 17.0 Å². The summed E-state index contributed by atoms with van der Waals surface area (Å²) < 4.78 is 18.9. The quantitative estimate of drug-likeness (QED) is 0.292. The van der Waals surface area contributed by atoms with Gasteiger partial charge in [-0.3, -0.25) is 10.1 Å². The third-order valence-corrected chi connectivity index (χ3v) is 4.22. The number of nitro benzene ring substituents is 1. The van der Waals surface area contributed by atoms with Crippen LogP contribution < -0.4 is 5.73 Å². The van der Waals surface area contributed by atoms with Crippen LogP contribution in [0, 0.1) is 15.9 Å². The number of benzene rings is 2. The van der Waals surface area contributed by atoms with Crippen molar-refractivity contribution in [2.45, 2.75) is 10.9 Å². The van der Waals surface area contributed by atoms with Gasteiger partial charge in [0.1, 0.15) is 10.7 Å². The van der Waals surface area contributed by atoms with E-state index in [1.165, 1.54) is 23.3 Å². The Hall–Kier alpha value is -1.56. The molecule has 0 aliphatic rings. The summed E-state index contributed by atoms with van der Waals surface area (Å²) in [6.07, 6.45) is 0. The summed E-state index contributed by atoms with van der Waals surface area (Å²) in [6, 6.07) is 10.00. The minimum absolute atomic E-state index is 0.0833. The molecular formula is C15H15BrFN3O4S. The number of likely N-dealkylation sites (N-methyl/N-ethyl adjacent to an activating group) is 1. The van der Waals surface area contributed by atoms with Crippen LogP contribution in [0.2, 0.25) is 0 Å². The number of halogens is 2. The monoisotopic (exact) mass is 431 g/mol. The van der Waals surface area contributed by atoms with Crippen LogP contribution in [0.4, 0.5) is 10.1 Å². The second kappa shape index (κ2) is 9.22. The van der Waals surface area contributed by atoms with Gasteiger partial charge in [0.2, 0.25) is 0 Å². The Labute approximate surface area is 156 Å². The lowest BCUT2D eigenvalue weighted by Gasteiger charge is -2.19. The van der Waals surface area contributed by atoms with Crippen LogP contribution in [0.3, 0.4) is 0 Å². The van der Waals surface area contributed by atoms with E-state index in [4.69, 9.17) is 15.1 Å². The Morgan fingerprint density at radius 2 is 2.12 bits per heavy atom. The summed E-state index contributed by atoms with van der Waals surface area (Å²) in [5.41, 5.74) is 6.53. The van der Waals surface area contributed by atoms with Gasteiger partial charge >= 0.3 is 0 Å². The number of nitrogens with two attached hydrogens (primary N) is 1. The third-order valence-electron chi connectivity index (χ3n) is 3.11. The number of hydroxylamine groups is 2. The molecule has 25 heavy (non-hydrogen) atoms. The predicted molar refractivity (Wildman–Crippen MR) is 94.8 cm³/mol. The molecule has 0 fully saturated rings. The highest BCUT2D eigenvalue weighted by molar-refractivity contribution is 9.10. The first-order valence-corrected chi connectivity index (χ1v) is 8.57. The van der Waals surface area contributed by atoms with Crippen LogP contribution >= 0.6 is 28.0 Å². The van der Waals surface area contributed by atoms with Crippen molar-refractivity contribution in [3.8, 4) is 0 Å². The SMILES string of the molecule is CN(C[C@@H](N)c1cc(F)cc(Br)c1)OOSc1ccccc1[N+](=O)[O-].